The van der Waals surface area contributed by atoms with Crippen LogP contribution in [-0.4, -0.2) is 63.7 Å². The van der Waals surface area contributed by atoms with Gasteiger partial charge in [-0.3, -0.25) is 4.79 Å². The van der Waals surface area contributed by atoms with Gasteiger partial charge >= 0.3 is 5.97 Å². The molecule has 1 unspecified atom stereocenters. The summed E-state index contributed by atoms with van der Waals surface area (Å²) in [6.45, 7) is -0.531. The fourth-order valence-corrected chi connectivity index (χ4v) is 5.82. The number of rotatable bonds is 3. The van der Waals surface area contributed by atoms with Crippen molar-refractivity contribution in [2.24, 2.45) is 23.2 Å². The van der Waals surface area contributed by atoms with E-state index in [0.717, 1.165) is 19.3 Å². The lowest BCUT2D eigenvalue weighted by Gasteiger charge is -2.55. The molecule has 5 fully saturated rings. The molecule has 136 valence electrons. The highest BCUT2D eigenvalue weighted by Crippen LogP contribution is 2.60. The Balaban J connectivity index is 1.51. The Hall–Kier alpha value is -0.730. The number of hydrogen-bond donors (Lipinski definition) is 4. The molecule has 1 saturated heterocycles. The summed E-state index contributed by atoms with van der Waals surface area (Å²) in [6.07, 6.45) is -0.825. The zero-order valence-corrected chi connectivity index (χ0v) is 13.6. The lowest BCUT2D eigenvalue weighted by atomic mass is 9.49. The molecule has 5 aliphatic rings. The van der Waals surface area contributed by atoms with E-state index in [9.17, 15) is 25.2 Å². The Labute approximate surface area is 140 Å². The van der Waals surface area contributed by atoms with Crippen molar-refractivity contribution in [2.75, 3.05) is 6.61 Å². The molecule has 7 nitrogen and oxygen atoms in total. The van der Waals surface area contributed by atoms with Gasteiger partial charge in [-0.25, -0.2) is 0 Å². The molecule has 1 aliphatic heterocycles. The summed E-state index contributed by atoms with van der Waals surface area (Å²) in [4.78, 5) is 12.9. The second-order valence-electron chi connectivity index (χ2n) is 8.30. The number of aliphatic hydroxyl groups excluding tert-OH is 4. The molecule has 24 heavy (non-hydrogen) atoms. The summed E-state index contributed by atoms with van der Waals surface area (Å²) < 4.78 is 10.4. The first-order chi connectivity index (χ1) is 11.4. The van der Waals surface area contributed by atoms with E-state index in [1.54, 1.807) is 0 Å². The van der Waals surface area contributed by atoms with Crippen molar-refractivity contribution in [3.8, 4) is 0 Å². The minimum atomic E-state index is -1.60. The Kier molecular flexibility index (Phi) is 4.12. The van der Waals surface area contributed by atoms with Crippen LogP contribution in [0, 0.1) is 23.2 Å². The molecule has 1 heterocycles. The SMILES string of the molecule is O=C(O[C@H]1[C@H](O)[C@@H](CO)OC(O)[C@@H]1O)C12CC3CC(CC(C3)C1)C2. The molecule has 0 aromatic heterocycles. The van der Waals surface area contributed by atoms with Crippen LogP contribution in [0.2, 0.25) is 0 Å². The van der Waals surface area contributed by atoms with E-state index >= 15 is 0 Å². The van der Waals surface area contributed by atoms with Crippen LogP contribution >= 0.6 is 0 Å². The third-order valence-electron chi connectivity index (χ3n) is 6.55. The van der Waals surface area contributed by atoms with Gasteiger partial charge in [0.05, 0.1) is 12.0 Å². The molecular formula is C17H26O7. The van der Waals surface area contributed by atoms with Crippen molar-refractivity contribution in [1.29, 1.82) is 0 Å². The fourth-order valence-electron chi connectivity index (χ4n) is 5.82. The van der Waals surface area contributed by atoms with Gasteiger partial charge in [-0.15, -0.1) is 0 Å². The van der Waals surface area contributed by atoms with Gasteiger partial charge in [-0.2, -0.15) is 0 Å². The first kappa shape index (κ1) is 16.7. The monoisotopic (exact) mass is 342 g/mol. The number of hydrogen-bond acceptors (Lipinski definition) is 7. The summed E-state index contributed by atoms with van der Waals surface area (Å²) in [5.74, 6) is 1.34. The second-order valence-corrected chi connectivity index (χ2v) is 8.30. The quantitative estimate of drug-likeness (QED) is 0.513. The number of aliphatic hydroxyl groups is 4. The van der Waals surface area contributed by atoms with Crippen LogP contribution in [0.15, 0.2) is 0 Å². The molecule has 0 amide bonds. The average molecular weight is 342 g/mol. The Morgan fingerprint density at radius 1 is 1.00 bits per heavy atom. The van der Waals surface area contributed by atoms with Gasteiger partial charge in [0.2, 0.25) is 0 Å². The second kappa shape index (κ2) is 5.92. The van der Waals surface area contributed by atoms with E-state index in [4.69, 9.17) is 9.47 Å². The smallest absolute Gasteiger partial charge is 0.312 e. The molecule has 4 bridgehead atoms. The van der Waals surface area contributed by atoms with Crippen molar-refractivity contribution in [3.63, 3.8) is 0 Å². The summed E-state index contributed by atoms with van der Waals surface area (Å²) in [5.41, 5.74) is -0.508. The third kappa shape index (κ3) is 2.57. The van der Waals surface area contributed by atoms with Crippen LogP contribution < -0.4 is 0 Å². The fraction of sp³-hybridized carbons (Fsp3) is 0.941. The minimum Gasteiger partial charge on any atom is -0.456 e. The van der Waals surface area contributed by atoms with E-state index < -0.39 is 42.7 Å². The number of esters is 1. The van der Waals surface area contributed by atoms with E-state index in [1.807, 2.05) is 0 Å². The van der Waals surface area contributed by atoms with Gasteiger partial charge in [0.25, 0.3) is 0 Å². The van der Waals surface area contributed by atoms with Gasteiger partial charge in [0.1, 0.15) is 18.3 Å². The van der Waals surface area contributed by atoms with Crippen molar-refractivity contribution < 1.29 is 34.7 Å². The summed E-state index contributed by atoms with van der Waals surface area (Å²) in [6, 6.07) is 0. The van der Waals surface area contributed by atoms with Gasteiger partial charge in [0.15, 0.2) is 12.4 Å². The average Bonchev–Trinajstić information content (AvgIpc) is 2.53. The molecule has 5 rings (SSSR count). The van der Waals surface area contributed by atoms with Crippen molar-refractivity contribution in [2.45, 2.75) is 69.2 Å². The molecule has 0 aromatic rings. The van der Waals surface area contributed by atoms with Crippen LogP contribution in [0.5, 0.6) is 0 Å². The molecule has 5 atom stereocenters. The van der Waals surface area contributed by atoms with Crippen molar-refractivity contribution in [1.82, 2.24) is 0 Å². The third-order valence-corrected chi connectivity index (χ3v) is 6.55. The van der Waals surface area contributed by atoms with E-state index in [2.05, 4.69) is 0 Å². The summed E-state index contributed by atoms with van der Waals surface area (Å²) in [7, 11) is 0. The van der Waals surface area contributed by atoms with Crippen LogP contribution in [0.1, 0.15) is 38.5 Å². The maximum atomic E-state index is 12.9. The Morgan fingerprint density at radius 2 is 1.54 bits per heavy atom. The highest BCUT2D eigenvalue weighted by molar-refractivity contribution is 5.77. The standard InChI is InChI=1S/C17H26O7/c18-7-11-12(19)14(13(20)15(21)23-11)24-16(22)17-4-8-1-9(5-17)3-10(2-8)6-17/h8-15,18-21H,1-7H2/t8?,9?,10?,11-,12-,13-,14+,15?,17?/m1/s1. The van der Waals surface area contributed by atoms with Crippen molar-refractivity contribution >= 4 is 5.97 Å². The zero-order chi connectivity index (χ0) is 17.1. The topological polar surface area (TPSA) is 116 Å². The van der Waals surface area contributed by atoms with Crippen molar-refractivity contribution in [3.05, 3.63) is 0 Å². The number of ether oxygens (including phenoxy) is 2. The molecule has 0 radical (unpaired) electrons. The first-order valence-corrected chi connectivity index (χ1v) is 8.93. The molecule has 0 aromatic carbocycles. The largest absolute Gasteiger partial charge is 0.456 e. The Bertz CT molecular complexity index is 472. The molecule has 4 aliphatic carbocycles. The van der Waals surface area contributed by atoms with E-state index in [-0.39, 0.29) is 5.97 Å². The Morgan fingerprint density at radius 3 is 2.04 bits per heavy atom. The lowest BCUT2D eigenvalue weighted by molar-refractivity contribution is -0.292. The predicted octanol–water partition coefficient (Wildman–Crippen LogP) is -0.454. The molecule has 7 heteroatoms. The molecule has 0 spiro atoms. The first-order valence-electron chi connectivity index (χ1n) is 8.93. The summed E-state index contributed by atoms with van der Waals surface area (Å²) >= 11 is 0. The highest BCUT2D eigenvalue weighted by atomic mass is 16.7. The van der Waals surface area contributed by atoms with E-state index in [0.29, 0.717) is 17.8 Å². The van der Waals surface area contributed by atoms with E-state index in [1.165, 1.54) is 19.3 Å². The summed E-state index contributed by atoms with van der Waals surface area (Å²) in [5, 5.41) is 39.2. The van der Waals surface area contributed by atoms with Crippen LogP contribution in [0.3, 0.4) is 0 Å². The van der Waals surface area contributed by atoms with Crippen LogP contribution in [0.25, 0.3) is 0 Å². The number of carbonyl (C=O) groups excluding carboxylic acids is 1. The van der Waals surface area contributed by atoms with Gasteiger partial charge < -0.3 is 29.9 Å². The maximum Gasteiger partial charge on any atom is 0.312 e. The van der Waals surface area contributed by atoms with Gasteiger partial charge in [-0.1, -0.05) is 0 Å². The predicted molar refractivity (Wildman–Crippen MR) is 80.5 cm³/mol. The van der Waals surface area contributed by atoms with Crippen LogP contribution in [-0.2, 0) is 14.3 Å². The maximum absolute atomic E-state index is 12.9. The highest BCUT2D eigenvalue weighted by Gasteiger charge is 2.57. The van der Waals surface area contributed by atoms with Gasteiger partial charge in [0, 0.05) is 0 Å². The van der Waals surface area contributed by atoms with Crippen LogP contribution in [0.4, 0.5) is 0 Å². The normalized spacial score (nSPS) is 53.2. The molecule has 4 saturated carbocycles. The lowest BCUT2D eigenvalue weighted by Crippen LogP contribution is -2.61. The molecule has 4 N–H and O–H groups in total. The molecular weight excluding hydrogens is 316 g/mol. The zero-order valence-electron chi connectivity index (χ0n) is 13.6. The van der Waals surface area contributed by atoms with Gasteiger partial charge in [-0.05, 0) is 56.3 Å². The number of carbonyl (C=O) groups is 1. The minimum absolute atomic E-state index is 0.379.